The Morgan fingerprint density at radius 3 is 2.50 bits per heavy atom. The van der Waals surface area contributed by atoms with Crippen molar-refractivity contribution >= 4 is 23.4 Å². The Bertz CT molecular complexity index is 740. The fourth-order valence-electron chi connectivity index (χ4n) is 1.82. The first-order valence-corrected chi connectivity index (χ1v) is 6.45. The number of halogens is 1. The van der Waals surface area contributed by atoms with Gasteiger partial charge in [0, 0.05) is 23.9 Å². The summed E-state index contributed by atoms with van der Waals surface area (Å²) in [6.07, 6.45) is 2.86. The first kappa shape index (κ1) is 15.4. The predicted molar refractivity (Wildman–Crippen MR) is 81.9 cm³/mol. The van der Waals surface area contributed by atoms with E-state index in [1.54, 1.807) is 25.1 Å². The van der Waals surface area contributed by atoms with E-state index < -0.39 is 4.92 Å². The number of hydrogen-bond acceptors (Lipinski definition) is 3. The fourth-order valence-corrected chi connectivity index (χ4v) is 1.82. The summed E-state index contributed by atoms with van der Waals surface area (Å²) in [5.74, 6) is -0.718. The van der Waals surface area contributed by atoms with E-state index in [4.69, 9.17) is 0 Å². The van der Waals surface area contributed by atoms with Crippen molar-refractivity contribution in [1.29, 1.82) is 0 Å². The van der Waals surface area contributed by atoms with Crippen molar-refractivity contribution < 1.29 is 14.1 Å². The molecule has 2 aromatic rings. The number of nitro groups is 1. The Kier molecular flexibility index (Phi) is 4.63. The highest BCUT2D eigenvalue weighted by Crippen LogP contribution is 2.21. The van der Waals surface area contributed by atoms with Gasteiger partial charge in [0.25, 0.3) is 5.69 Å². The number of carbonyl (C=O) groups excluding carboxylic acids is 1. The second-order valence-corrected chi connectivity index (χ2v) is 4.63. The Labute approximate surface area is 126 Å². The Hall–Kier alpha value is -3.02. The summed E-state index contributed by atoms with van der Waals surface area (Å²) >= 11 is 0. The zero-order valence-electron chi connectivity index (χ0n) is 11.7. The highest BCUT2D eigenvalue weighted by atomic mass is 19.1. The van der Waals surface area contributed by atoms with E-state index in [2.05, 4.69) is 5.32 Å². The maximum atomic E-state index is 12.8. The number of rotatable bonds is 4. The van der Waals surface area contributed by atoms with Crippen molar-refractivity contribution in [1.82, 2.24) is 0 Å². The van der Waals surface area contributed by atoms with Gasteiger partial charge in [-0.25, -0.2) is 4.39 Å². The van der Waals surface area contributed by atoms with E-state index in [-0.39, 0.29) is 17.4 Å². The largest absolute Gasteiger partial charge is 0.322 e. The molecule has 0 saturated carbocycles. The molecule has 0 radical (unpaired) electrons. The van der Waals surface area contributed by atoms with Crippen LogP contribution in [0.25, 0.3) is 6.08 Å². The number of carbonyl (C=O) groups is 1. The van der Waals surface area contributed by atoms with E-state index in [0.717, 1.165) is 0 Å². The van der Waals surface area contributed by atoms with Crippen LogP contribution in [0.3, 0.4) is 0 Å². The lowest BCUT2D eigenvalue weighted by Crippen LogP contribution is -2.09. The maximum absolute atomic E-state index is 12.8. The number of nitrogens with zero attached hydrogens (tertiary/aromatic N) is 1. The van der Waals surface area contributed by atoms with Gasteiger partial charge in [0.05, 0.1) is 4.92 Å². The first-order valence-electron chi connectivity index (χ1n) is 6.45. The molecule has 1 N–H and O–H groups in total. The highest BCUT2D eigenvalue weighted by molar-refractivity contribution is 6.02. The Morgan fingerprint density at radius 2 is 1.91 bits per heavy atom. The molecule has 0 aliphatic rings. The molecule has 0 aliphatic heterocycles. The van der Waals surface area contributed by atoms with Crippen LogP contribution in [0, 0.1) is 22.9 Å². The number of hydrogen-bond donors (Lipinski definition) is 1. The Balaban J connectivity index is 2.05. The number of non-ortho nitro benzene ring substituents is 1. The molecule has 0 atom stereocenters. The number of anilines is 1. The molecule has 5 nitrogen and oxygen atoms in total. The molecule has 1 amide bonds. The van der Waals surface area contributed by atoms with Crippen LogP contribution in [-0.2, 0) is 4.79 Å². The molecule has 0 bridgehead atoms. The summed E-state index contributed by atoms with van der Waals surface area (Å²) in [5.41, 5.74) is 1.76. The summed E-state index contributed by atoms with van der Waals surface area (Å²) in [4.78, 5) is 22.0. The van der Waals surface area contributed by atoms with Gasteiger partial charge in [0.2, 0.25) is 5.91 Å². The lowest BCUT2D eigenvalue weighted by Gasteiger charge is -2.05. The van der Waals surface area contributed by atoms with Crippen molar-refractivity contribution in [3.8, 4) is 0 Å². The number of amides is 1. The summed E-state index contributed by atoms with van der Waals surface area (Å²) in [5, 5.41) is 13.3. The molecule has 0 fully saturated rings. The zero-order valence-corrected chi connectivity index (χ0v) is 11.7. The van der Waals surface area contributed by atoms with E-state index in [1.165, 1.54) is 36.4 Å². The number of benzene rings is 2. The van der Waals surface area contributed by atoms with Crippen molar-refractivity contribution in [3.63, 3.8) is 0 Å². The second-order valence-electron chi connectivity index (χ2n) is 4.63. The second kappa shape index (κ2) is 6.62. The van der Waals surface area contributed by atoms with Crippen LogP contribution < -0.4 is 5.32 Å². The van der Waals surface area contributed by atoms with E-state index in [1.807, 2.05) is 0 Å². The lowest BCUT2D eigenvalue weighted by atomic mass is 10.1. The summed E-state index contributed by atoms with van der Waals surface area (Å²) in [6, 6.07) is 9.91. The van der Waals surface area contributed by atoms with Crippen molar-refractivity contribution in [2.45, 2.75) is 6.92 Å². The molecule has 112 valence electrons. The minimum Gasteiger partial charge on any atom is -0.322 e. The average molecular weight is 300 g/mol. The molecular formula is C16H13FN2O3. The molecule has 0 aliphatic carbocycles. The summed E-state index contributed by atoms with van der Waals surface area (Å²) in [6.45, 7) is 1.67. The first-order chi connectivity index (χ1) is 10.5. The quantitative estimate of drug-likeness (QED) is 0.531. The van der Waals surface area contributed by atoms with Gasteiger partial charge < -0.3 is 5.32 Å². The SMILES string of the molecule is Cc1cc([N+](=O)[O-])ccc1NC(=O)C=Cc1ccc(F)cc1. The molecule has 2 aromatic carbocycles. The van der Waals surface area contributed by atoms with Gasteiger partial charge in [-0.3, -0.25) is 14.9 Å². The minimum absolute atomic E-state index is 0.0302. The molecular weight excluding hydrogens is 287 g/mol. The number of nitrogens with one attached hydrogen (secondary N) is 1. The smallest absolute Gasteiger partial charge is 0.269 e. The van der Waals surface area contributed by atoms with Crippen LogP contribution in [0.2, 0.25) is 0 Å². The van der Waals surface area contributed by atoms with Gasteiger partial charge in [0.1, 0.15) is 5.82 Å². The lowest BCUT2D eigenvalue weighted by molar-refractivity contribution is -0.384. The molecule has 0 unspecified atom stereocenters. The topological polar surface area (TPSA) is 72.2 Å². The third-order valence-corrected chi connectivity index (χ3v) is 2.98. The van der Waals surface area contributed by atoms with Gasteiger partial charge >= 0.3 is 0 Å². The van der Waals surface area contributed by atoms with Crippen LogP contribution >= 0.6 is 0 Å². The van der Waals surface area contributed by atoms with Crippen LogP contribution in [0.4, 0.5) is 15.8 Å². The van der Waals surface area contributed by atoms with E-state index in [9.17, 15) is 19.3 Å². The highest BCUT2D eigenvalue weighted by Gasteiger charge is 2.09. The Morgan fingerprint density at radius 1 is 1.23 bits per heavy atom. The van der Waals surface area contributed by atoms with Gasteiger partial charge in [0.15, 0.2) is 0 Å². The molecule has 0 spiro atoms. The average Bonchev–Trinajstić information content (AvgIpc) is 2.48. The predicted octanol–water partition coefficient (Wildman–Crippen LogP) is 3.69. The third kappa shape index (κ3) is 3.99. The summed E-state index contributed by atoms with van der Waals surface area (Å²) < 4.78 is 12.8. The van der Waals surface area contributed by atoms with Gasteiger partial charge in [-0.05, 0) is 42.3 Å². The monoisotopic (exact) mass is 300 g/mol. The fraction of sp³-hybridized carbons (Fsp3) is 0.0625. The molecule has 22 heavy (non-hydrogen) atoms. The molecule has 6 heteroatoms. The van der Waals surface area contributed by atoms with Crippen LogP contribution in [0.15, 0.2) is 48.5 Å². The van der Waals surface area contributed by atoms with E-state index >= 15 is 0 Å². The summed E-state index contributed by atoms with van der Waals surface area (Å²) in [7, 11) is 0. The van der Waals surface area contributed by atoms with Crippen LogP contribution in [0.5, 0.6) is 0 Å². The van der Waals surface area contributed by atoms with Gasteiger partial charge in [-0.1, -0.05) is 12.1 Å². The normalized spacial score (nSPS) is 10.6. The third-order valence-electron chi connectivity index (χ3n) is 2.98. The van der Waals surface area contributed by atoms with Crippen LogP contribution in [0.1, 0.15) is 11.1 Å². The van der Waals surface area contributed by atoms with Crippen molar-refractivity contribution in [3.05, 3.63) is 75.6 Å². The number of nitro benzene ring substituents is 1. The van der Waals surface area contributed by atoms with E-state index in [0.29, 0.717) is 16.8 Å². The standard InChI is InChI=1S/C16H13FN2O3/c1-11-10-14(19(21)22)7-8-15(11)18-16(20)9-4-12-2-5-13(17)6-3-12/h2-10H,1H3,(H,18,20). The molecule has 0 heterocycles. The van der Waals surface area contributed by atoms with Gasteiger partial charge in [-0.2, -0.15) is 0 Å². The maximum Gasteiger partial charge on any atom is 0.269 e. The van der Waals surface area contributed by atoms with Gasteiger partial charge in [-0.15, -0.1) is 0 Å². The molecule has 0 saturated heterocycles. The minimum atomic E-state index is -0.493. The zero-order chi connectivity index (χ0) is 16.1. The van der Waals surface area contributed by atoms with Crippen molar-refractivity contribution in [2.75, 3.05) is 5.32 Å². The van der Waals surface area contributed by atoms with Crippen LogP contribution in [-0.4, -0.2) is 10.8 Å². The van der Waals surface area contributed by atoms with Crippen molar-refractivity contribution in [2.24, 2.45) is 0 Å². The molecule has 0 aromatic heterocycles. The number of aryl methyl sites for hydroxylation is 1. The molecule has 2 rings (SSSR count).